The highest BCUT2D eigenvalue weighted by molar-refractivity contribution is 5.86. The zero-order valence-corrected chi connectivity index (χ0v) is 16.1. The van der Waals surface area contributed by atoms with E-state index in [1.54, 1.807) is 30.3 Å². The quantitative estimate of drug-likeness (QED) is 0.243. The Hall–Kier alpha value is -4.60. The average molecular weight is 419 g/mol. The first kappa shape index (κ1) is 21.1. The number of para-hydroxylation sites is 2. The van der Waals surface area contributed by atoms with Crippen molar-refractivity contribution >= 4 is 29.2 Å². The van der Waals surface area contributed by atoms with E-state index in [0.717, 1.165) is 0 Å². The number of phenols is 1. The number of aromatic hydroxyl groups is 1. The molecule has 0 atom stereocenters. The molecule has 156 valence electrons. The Balaban J connectivity index is 1.58. The lowest BCUT2D eigenvalue weighted by Gasteiger charge is -2.05. The van der Waals surface area contributed by atoms with E-state index in [1.165, 1.54) is 30.5 Å². The number of hydrazone groups is 1. The molecule has 0 aliphatic heterocycles. The van der Waals surface area contributed by atoms with Crippen LogP contribution in [0.1, 0.15) is 5.56 Å². The van der Waals surface area contributed by atoms with Crippen LogP contribution in [0.3, 0.4) is 0 Å². The molecule has 2 N–H and O–H groups in total. The number of nitrogens with one attached hydrogen (secondary N) is 1. The Kier molecular flexibility index (Phi) is 6.99. The highest BCUT2D eigenvalue weighted by Gasteiger charge is 2.14. The number of benzene rings is 3. The Bertz CT molecular complexity index is 1130. The summed E-state index contributed by atoms with van der Waals surface area (Å²) >= 11 is 0. The Labute approximate surface area is 176 Å². The van der Waals surface area contributed by atoms with Crippen LogP contribution in [-0.4, -0.2) is 28.8 Å². The number of azo groups is 1. The summed E-state index contributed by atoms with van der Waals surface area (Å²) in [7, 11) is 0. The van der Waals surface area contributed by atoms with Crippen LogP contribution in [0.4, 0.5) is 17.1 Å². The number of hydrogen-bond donors (Lipinski definition) is 2. The minimum atomic E-state index is -0.631. The molecule has 10 nitrogen and oxygen atoms in total. The van der Waals surface area contributed by atoms with Crippen LogP contribution in [0, 0.1) is 10.1 Å². The van der Waals surface area contributed by atoms with Gasteiger partial charge in [-0.1, -0.05) is 30.3 Å². The van der Waals surface area contributed by atoms with Gasteiger partial charge in [0.1, 0.15) is 5.75 Å². The molecule has 10 heteroatoms. The number of nitro groups is 1. The van der Waals surface area contributed by atoms with Crippen molar-refractivity contribution in [1.29, 1.82) is 0 Å². The van der Waals surface area contributed by atoms with Crippen molar-refractivity contribution in [2.24, 2.45) is 15.3 Å². The monoisotopic (exact) mass is 419 g/mol. The predicted molar refractivity (Wildman–Crippen MR) is 113 cm³/mol. The molecule has 0 saturated carbocycles. The van der Waals surface area contributed by atoms with Gasteiger partial charge in [-0.2, -0.15) is 15.3 Å². The van der Waals surface area contributed by atoms with E-state index in [4.69, 9.17) is 4.74 Å². The molecule has 0 unspecified atom stereocenters. The second-order valence-corrected chi connectivity index (χ2v) is 6.09. The number of ether oxygens (including phenoxy) is 1. The van der Waals surface area contributed by atoms with E-state index in [-0.39, 0.29) is 17.2 Å². The predicted octanol–water partition coefficient (Wildman–Crippen LogP) is 4.24. The normalized spacial score (nSPS) is 11.0. The molecule has 0 spiro atoms. The van der Waals surface area contributed by atoms with Crippen molar-refractivity contribution in [1.82, 2.24) is 5.43 Å². The lowest BCUT2D eigenvalue weighted by Crippen LogP contribution is -2.24. The third-order valence-electron chi connectivity index (χ3n) is 3.86. The van der Waals surface area contributed by atoms with Gasteiger partial charge in [0.25, 0.3) is 5.91 Å². The van der Waals surface area contributed by atoms with Crippen LogP contribution in [0.25, 0.3) is 0 Å². The number of carbonyl (C=O) groups excluding carboxylic acids is 1. The van der Waals surface area contributed by atoms with Crippen LogP contribution >= 0.6 is 0 Å². The van der Waals surface area contributed by atoms with Gasteiger partial charge in [0.15, 0.2) is 12.4 Å². The number of hydrogen-bond acceptors (Lipinski definition) is 8. The summed E-state index contributed by atoms with van der Waals surface area (Å²) in [5, 5.41) is 32.9. The molecule has 3 aromatic rings. The van der Waals surface area contributed by atoms with Crippen molar-refractivity contribution in [2.75, 3.05) is 6.61 Å². The zero-order valence-electron chi connectivity index (χ0n) is 16.1. The standard InChI is InChI=1S/C21H17N5O5/c27-19-11-10-17(24-23-16-6-2-1-3-7-16)12-15(19)13-22-25-21(28)14-31-20-9-5-4-8-18(20)26(29)30/h1-13,27H,14H2,(H,25,28). The minimum Gasteiger partial charge on any atom is -0.507 e. The topological polar surface area (TPSA) is 139 Å². The van der Waals surface area contributed by atoms with Crippen LogP contribution in [0.5, 0.6) is 11.5 Å². The van der Waals surface area contributed by atoms with Gasteiger partial charge >= 0.3 is 5.69 Å². The number of amides is 1. The van der Waals surface area contributed by atoms with Gasteiger partial charge < -0.3 is 9.84 Å². The van der Waals surface area contributed by atoms with Gasteiger partial charge in [0.2, 0.25) is 0 Å². The molecule has 0 saturated heterocycles. The smallest absolute Gasteiger partial charge is 0.310 e. The van der Waals surface area contributed by atoms with Crippen molar-refractivity contribution in [3.63, 3.8) is 0 Å². The summed E-state index contributed by atoms with van der Waals surface area (Å²) in [4.78, 5) is 22.2. The Morgan fingerprint density at radius 1 is 1.03 bits per heavy atom. The molecular weight excluding hydrogens is 402 g/mol. The third-order valence-corrected chi connectivity index (χ3v) is 3.86. The second-order valence-electron chi connectivity index (χ2n) is 6.09. The summed E-state index contributed by atoms with van der Waals surface area (Å²) in [5.74, 6) is -0.720. The lowest BCUT2D eigenvalue weighted by molar-refractivity contribution is -0.385. The van der Waals surface area contributed by atoms with Crippen LogP contribution in [-0.2, 0) is 4.79 Å². The van der Waals surface area contributed by atoms with Crippen LogP contribution in [0.15, 0.2) is 88.1 Å². The van der Waals surface area contributed by atoms with E-state index in [1.807, 2.05) is 18.2 Å². The minimum absolute atomic E-state index is 0.0271. The fourth-order valence-corrected chi connectivity index (χ4v) is 2.40. The molecule has 3 aromatic carbocycles. The van der Waals surface area contributed by atoms with Gasteiger partial charge in [0, 0.05) is 11.6 Å². The Morgan fingerprint density at radius 3 is 2.52 bits per heavy atom. The SMILES string of the molecule is O=C(COc1ccccc1[N+](=O)[O-])NN=Cc1cc(N=Nc2ccccc2)ccc1O. The highest BCUT2D eigenvalue weighted by atomic mass is 16.6. The van der Waals surface area contributed by atoms with Gasteiger partial charge in [-0.3, -0.25) is 14.9 Å². The zero-order chi connectivity index (χ0) is 22.1. The maximum absolute atomic E-state index is 11.9. The molecule has 0 aliphatic rings. The third kappa shape index (κ3) is 6.19. The molecule has 0 aromatic heterocycles. The summed E-state index contributed by atoms with van der Waals surface area (Å²) < 4.78 is 5.18. The first-order valence-electron chi connectivity index (χ1n) is 9.01. The lowest BCUT2D eigenvalue weighted by atomic mass is 10.2. The van der Waals surface area contributed by atoms with Crippen molar-refractivity contribution in [2.45, 2.75) is 0 Å². The van der Waals surface area contributed by atoms with Crippen molar-refractivity contribution in [3.05, 3.63) is 88.5 Å². The Morgan fingerprint density at radius 2 is 1.74 bits per heavy atom. The molecular formula is C21H17N5O5. The van der Waals surface area contributed by atoms with Crippen LogP contribution in [0.2, 0.25) is 0 Å². The molecule has 3 rings (SSSR count). The average Bonchev–Trinajstić information content (AvgIpc) is 2.79. The van der Waals surface area contributed by atoms with E-state index in [0.29, 0.717) is 16.9 Å². The van der Waals surface area contributed by atoms with E-state index in [2.05, 4.69) is 20.8 Å². The summed E-state index contributed by atoms with van der Waals surface area (Å²) in [5.41, 5.74) is 3.45. The van der Waals surface area contributed by atoms with Gasteiger partial charge in [0.05, 0.1) is 22.5 Å². The van der Waals surface area contributed by atoms with E-state index in [9.17, 15) is 20.0 Å². The number of rotatable bonds is 8. The molecule has 0 radical (unpaired) electrons. The number of carbonyl (C=O) groups is 1. The fraction of sp³-hybridized carbons (Fsp3) is 0.0476. The summed E-state index contributed by atoms with van der Waals surface area (Å²) in [6, 6.07) is 19.4. The second kappa shape index (κ2) is 10.3. The maximum Gasteiger partial charge on any atom is 0.310 e. The highest BCUT2D eigenvalue weighted by Crippen LogP contribution is 2.26. The number of phenolic OH excluding ortho intramolecular Hbond substituents is 1. The molecule has 0 aliphatic carbocycles. The largest absolute Gasteiger partial charge is 0.507 e. The summed E-state index contributed by atoms with van der Waals surface area (Å²) in [6.07, 6.45) is 1.24. The van der Waals surface area contributed by atoms with Crippen molar-refractivity contribution < 1.29 is 19.6 Å². The van der Waals surface area contributed by atoms with E-state index >= 15 is 0 Å². The first-order chi connectivity index (χ1) is 15.0. The molecule has 31 heavy (non-hydrogen) atoms. The molecule has 1 amide bonds. The van der Waals surface area contributed by atoms with Crippen LogP contribution < -0.4 is 10.2 Å². The number of nitro benzene ring substituents is 1. The van der Waals surface area contributed by atoms with Gasteiger partial charge in [-0.05, 0) is 36.4 Å². The van der Waals surface area contributed by atoms with Gasteiger partial charge in [-0.25, -0.2) is 5.43 Å². The van der Waals surface area contributed by atoms with Gasteiger partial charge in [-0.15, -0.1) is 0 Å². The van der Waals surface area contributed by atoms with Crippen molar-refractivity contribution in [3.8, 4) is 11.5 Å². The summed E-state index contributed by atoms with van der Waals surface area (Å²) in [6.45, 7) is -0.473. The first-order valence-corrected chi connectivity index (χ1v) is 9.01. The maximum atomic E-state index is 11.9. The molecule has 0 fully saturated rings. The molecule has 0 bridgehead atoms. The number of nitrogens with zero attached hydrogens (tertiary/aromatic N) is 4. The van der Waals surface area contributed by atoms with E-state index < -0.39 is 17.4 Å². The fourth-order valence-electron chi connectivity index (χ4n) is 2.40. The molecule has 0 heterocycles.